The minimum absolute atomic E-state index is 0.654. The van der Waals surface area contributed by atoms with Crippen LogP contribution in [0.5, 0.6) is 0 Å². The van der Waals surface area contributed by atoms with Crippen LogP contribution < -0.4 is 0 Å². The number of rotatable bonds is 2. The molecule has 0 fully saturated rings. The zero-order valence-electron chi connectivity index (χ0n) is 17.8. The fourth-order valence-electron chi connectivity index (χ4n) is 4.90. The maximum Gasteiger partial charge on any atom is 0.227 e. The number of nitrogens with zero attached hydrogens (tertiary/aromatic N) is 1. The molecule has 0 amide bonds. The monoisotopic (exact) mass is 421 g/mol. The molecule has 0 aliphatic heterocycles. The van der Waals surface area contributed by atoms with Gasteiger partial charge < -0.3 is 4.42 Å². The van der Waals surface area contributed by atoms with Gasteiger partial charge in [0.15, 0.2) is 5.58 Å². The fraction of sp³-hybridized carbons (Fsp3) is 0. The summed E-state index contributed by atoms with van der Waals surface area (Å²) in [4.78, 5) is 4.71. The summed E-state index contributed by atoms with van der Waals surface area (Å²) >= 11 is 0. The van der Waals surface area contributed by atoms with E-state index in [4.69, 9.17) is 9.40 Å². The third-order valence-corrected chi connectivity index (χ3v) is 6.48. The Morgan fingerprint density at radius 2 is 1.00 bits per heavy atom. The van der Waals surface area contributed by atoms with Crippen LogP contribution in [0.3, 0.4) is 0 Å². The predicted molar refractivity (Wildman–Crippen MR) is 137 cm³/mol. The van der Waals surface area contributed by atoms with Gasteiger partial charge in [0, 0.05) is 5.56 Å². The maximum absolute atomic E-state index is 6.06. The predicted octanol–water partition coefficient (Wildman–Crippen LogP) is 8.62. The Morgan fingerprint density at radius 1 is 0.424 bits per heavy atom. The Labute approximate surface area is 190 Å². The second-order valence-electron chi connectivity index (χ2n) is 8.42. The molecule has 0 aliphatic rings. The third kappa shape index (κ3) is 2.85. The van der Waals surface area contributed by atoms with Gasteiger partial charge in [-0.1, -0.05) is 84.9 Å². The first-order valence-corrected chi connectivity index (χ1v) is 11.1. The number of oxazole rings is 1. The quantitative estimate of drug-likeness (QED) is 0.261. The largest absolute Gasteiger partial charge is 0.436 e. The van der Waals surface area contributed by atoms with Gasteiger partial charge >= 0.3 is 0 Å². The van der Waals surface area contributed by atoms with Crippen molar-refractivity contribution in [1.82, 2.24) is 4.98 Å². The van der Waals surface area contributed by atoms with Gasteiger partial charge in [-0.3, -0.25) is 0 Å². The summed E-state index contributed by atoms with van der Waals surface area (Å²) in [5, 5.41) is 7.48. The van der Waals surface area contributed by atoms with Gasteiger partial charge in [0.05, 0.1) is 0 Å². The van der Waals surface area contributed by atoms with Crippen LogP contribution in [0.2, 0.25) is 0 Å². The van der Waals surface area contributed by atoms with E-state index in [9.17, 15) is 0 Å². The van der Waals surface area contributed by atoms with E-state index in [1.807, 2.05) is 24.3 Å². The molecular weight excluding hydrogens is 402 g/mol. The number of hydrogen-bond acceptors (Lipinski definition) is 2. The second kappa shape index (κ2) is 7.04. The molecule has 2 heteroatoms. The van der Waals surface area contributed by atoms with Crippen LogP contribution in [-0.4, -0.2) is 4.98 Å². The lowest BCUT2D eigenvalue weighted by atomic mass is 9.91. The fourth-order valence-corrected chi connectivity index (χ4v) is 4.90. The number of aromatic nitrogens is 1. The summed E-state index contributed by atoms with van der Waals surface area (Å²) < 4.78 is 6.06. The van der Waals surface area contributed by atoms with Crippen molar-refractivity contribution in [1.29, 1.82) is 0 Å². The Hall–Kier alpha value is -4.43. The summed E-state index contributed by atoms with van der Waals surface area (Å²) in [6, 6.07) is 40.5. The molecular formula is C31H19NO. The van der Waals surface area contributed by atoms with E-state index < -0.39 is 0 Å². The molecule has 0 spiro atoms. The smallest absolute Gasteiger partial charge is 0.227 e. The van der Waals surface area contributed by atoms with Crippen LogP contribution >= 0.6 is 0 Å². The van der Waals surface area contributed by atoms with Crippen LogP contribution in [-0.2, 0) is 0 Å². The molecule has 0 N–H and O–H groups in total. The highest BCUT2D eigenvalue weighted by molar-refractivity contribution is 6.26. The van der Waals surface area contributed by atoms with Crippen LogP contribution in [0.4, 0.5) is 0 Å². The molecule has 0 saturated heterocycles. The van der Waals surface area contributed by atoms with E-state index in [0.717, 1.165) is 16.7 Å². The summed E-state index contributed by atoms with van der Waals surface area (Å²) in [6.07, 6.45) is 0. The van der Waals surface area contributed by atoms with Gasteiger partial charge in [-0.2, -0.15) is 0 Å². The molecule has 0 saturated carbocycles. The van der Waals surface area contributed by atoms with Crippen molar-refractivity contribution >= 4 is 43.4 Å². The number of benzene rings is 6. The summed E-state index contributed by atoms with van der Waals surface area (Å²) in [5.41, 5.74) is 5.14. The number of para-hydroxylation sites is 2. The van der Waals surface area contributed by atoms with Gasteiger partial charge in [0.25, 0.3) is 0 Å². The molecule has 2 nitrogen and oxygen atoms in total. The van der Waals surface area contributed by atoms with Crippen molar-refractivity contribution in [3.8, 4) is 22.6 Å². The van der Waals surface area contributed by atoms with Crippen molar-refractivity contribution in [2.75, 3.05) is 0 Å². The molecule has 33 heavy (non-hydrogen) atoms. The lowest BCUT2D eigenvalue weighted by Crippen LogP contribution is -1.86. The van der Waals surface area contributed by atoms with Gasteiger partial charge in [0.2, 0.25) is 5.89 Å². The van der Waals surface area contributed by atoms with Gasteiger partial charge in [-0.15, -0.1) is 0 Å². The zero-order chi connectivity index (χ0) is 21.8. The highest BCUT2D eigenvalue weighted by atomic mass is 16.3. The zero-order valence-corrected chi connectivity index (χ0v) is 17.8. The average Bonchev–Trinajstić information content (AvgIpc) is 3.33. The van der Waals surface area contributed by atoms with E-state index in [-0.39, 0.29) is 0 Å². The van der Waals surface area contributed by atoms with E-state index in [1.165, 1.54) is 43.4 Å². The van der Waals surface area contributed by atoms with Crippen molar-refractivity contribution in [3.63, 3.8) is 0 Å². The molecule has 1 aromatic heterocycles. The lowest BCUT2D eigenvalue weighted by Gasteiger charge is -2.13. The topological polar surface area (TPSA) is 26.0 Å². The SMILES string of the molecule is c1ccc(-c2ccc3c4ccc(-c5nc6ccccc6o5)cc4c4ccccc4c3c2)cc1. The Bertz CT molecular complexity index is 1760. The molecule has 0 atom stereocenters. The molecule has 0 radical (unpaired) electrons. The van der Waals surface area contributed by atoms with Crippen molar-refractivity contribution in [2.45, 2.75) is 0 Å². The van der Waals surface area contributed by atoms with Gasteiger partial charge in [0.1, 0.15) is 5.52 Å². The first-order valence-electron chi connectivity index (χ1n) is 11.1. The van der Waals surface area contributed by atoms with Crippen LogP contribution in [0.15, 0.2) is 120 Å². The number of fused-ring (bicyclic) bond motifs is 7. The molecule has 154 valence electrons. The van der Waals surface area contributed by atoms with Crippen LogP contribution in [0.1, 0.15) is 0 Å². The minimum atomic E-state index is 0.654. The lowest BCUT2D eigenvalue weighted by molar-refractivity contribution is 0.620. The normalized spacial score (nSPS) is 11.6. The summed E-state index contributed by atoms with van der Waals surface area (Å²) in [5.74, 6) is 0.654. The first-order chi connectivity index (χ1) is 16.3. The van der Waals surface area contributed by atoms with E-state index in [2.05, 4.69) is 91.0 Å². The van der Waals surface area contributed by atoms with Gasteiger partial charge in [-0.05, 0) is 73.8 Å². The molecule has 6 aromatic carbocycles. The summed E-state index contributed by atoms with van der Waals surface area (Å²) in [7, 11) is 0. The van der Waals surface area contributed by atoms with E-state index in [0.29, 0.717) is 5.89 Å². The van der Waals surface area contributed by atoms with Crippen LogP contribution in [0.25, 0.3) is 66.0 Å². The minimum Gasteiger partial charge on any atom is -0.436 e. The molecule has 0 aliphatic carbocycles. The first kappa shape index (κ1) is 18.2. The Balaban J connectivity index is 1.52. The summed E-state index contributed by atoms with van der Waals surface area (Å²) in [6.45, 7) is 0. The molecule has 0 bridgehead atoms. The highest BCUT2D eigenvalue weighted by Gasteiger charge is 2.13. The van der Waals surface area contributed by atoms with Crippen molar-refractivity contribution in [3.05, 3.63) is 115 Å². The molecule has 0 unspecified atom stereocenters. The van der Waals surface area contributed by atoms with Gasteiger partial charge in [-0.25, -0.2) is 4.98 Å². The average molecular weight is 421 g/mol. The van der Waals surface area contributed by atoms with E-state index in [1.54, 1.807) is 0 Å². The van der Waals surface area contributed by atoms with Crippen molar-refractivity contribution < 1.29 is 4.42 Å². The molecule has 7 rings (SSSR count). The van der Waals surface area contributed by atoms with Crippen LogP contribution in [0, 0.1) is 0 Å². The maximum atomic E-state index is 6.06. The molecule has 1 heterocycles. The third-order valence-electron chi connectivity index (χ3n) is 6.48. The molecule has 7 aromatic rings. The number of hydrogen-bond donors (Lipinski definition) is 0. The Kier molecular flexibility index (Phi) is 3.88. The Morgan fingerprint density at radius 3 is 1.73 bits per heavy atom. The second-order valence-corrected chi connectivity index (χ2v) is 8.42. The van der Waals surface area contributed by atoms with Crippen molar-refractivity contribution in [2.24, 2.45) is 0 Å². The highest BCUT2D eigenvalue weighted by Crippen LogP contribution is 2.39. The standard InChI is InChI=1S/C31H19NO/c1-2-8-20(9-3-1)21-14-16-25-26-17-15-22(31-32-29-12-6-7-13-30(29)33-31)19-28(26)24-11-5-4-10-23(24)27(25)18-21/h1-19H. The van der Waals surface area contributed by atoms with E-state index >= 15 is 0 Å².